The molecule has 0 aliphatic rings. The standard InChI is InChI=1S/C18H38O4S/c1-2-3-4-5-6-7-8-9-10-11-12-13-14-15-16-18(19)17-23(20,21)22/h18-19H,2-17H2,1H3,(H,20,21,22)/t18-/m1/s1. The van der Waals surface area contributed by atoms with Gasteiger partial charge in [-0.3, -0.25) is 4.55 Å². The minimum Gasteiger partial charge on any atom is -0.392 e. The van der Waals surface area contributed by atoms with Gasteiger partial charge in [0.1, 0.15) is 5.75 Å². The molecule has 4 nitrogen and oxygen atoms in total. The topological polar surface area (TPSA) is 74.6 Å². The van der Waals surface area contributed by atoms with Crippen LogP contribution in [0, 0.1) is 0 Å². The van der Waals surface area contributed by atoms with Crippen LogP contribution in [0.1, 0.15) is 103 Å². The molecule has 5 heteroatoms. The summed E-state index contributed by atoms with van der Waals surface area (Å²) in [5.74, 6) is -0.536. The maximum absolute atomic E-state index is 10.6. The van der Waals surface area contributed by atoms with E-state index in [1.54, 1.807) is 0 Å². The maximum atomic E-state index is 10.6. The molecule has 0 aliphatic heterocycles. The van der Waals surface area contributed by atoms with Crippen molar-refractivity contribution in [1.29, 1.82) is 0 Å². The normalized spacial score (nSPS) is 13.3. The number of hydrogen-bond acceptors (Lipinski definition) is 3. The SMILES string of the molecule is CCCCCCCCCCCCCCCC[C@@H](O)CS(=O)(=O)O. The van der Waals surface area contributed by atoms with E-state index in [0.717, 1.165) is 19.3 Å². The minimum atomic E-state index is -4.04. The molecular weight excluding hydrogens is 312 g/mol. The number of aliphatic hydroxyl groups excluding tert-OH is 1. The average molecular weight is 351 g/mol. The fourth-order valence-corrected chi connectivity index (χ4v) is 3.55. The third-order valence-corrected chi connectivity index (χ3v) is 5.10. The number of hydrogen-bond donors (Lipinski definition) is 2. The van der Waals surface area contributed by atoms with Gasteiger partial charge in [0.25, 0.3) is 10.1 Å². The first-order chi connectivity index (χ1) is 11.0. The molecule has 23 heavy (non-hydrogen) atoms. The smallest absolute Gasteiger partial charge is 0.267 e. The van der Waals surface area contributed by atoms with E-state index in [1.165, 1.54) is 70.6 Å². The van der Waals surface area contributed by atoms with Crippen LogP contribution in [0.3, 0.4) is 0 Å². The van der Waals surface area contributed by atoms with Gasteiger partial charge in [0.05, 0.1) is 6.10 Å². The van der Waals surface area contributed by atoms with Crippen LogP contribution in [0.15, 0.2) is 0 Å². The molecule has 140 valence electrons. The molecule has 0 heterocycles. The van der Waals surface area contributed by atoms with Crippen LogP contribution in [-0.2, 0) is 10.1 Å². The zero-order valence-electron chi connectivity index (χ0n) is 15.0. The van der Waals surface area contributed by atoms with Gasteiger partial charge in [-0.25, -0.2) is 0 Å². The van der Waals surface area contributed by atoms with Gasteiger partial charge in [-0.2, -0.15) is 8.42 Å². The lowest BCUT2D eigenvalue weighted by molar-refractivity contribution is 0.180. The largest absolute Gasteiger partial charge is 0.392 e. The van der Waals surface area contributed by atoms with Crippen LogP contribution in [0.5, 0.6) is 0 Å². The zero-order valence-corrected chi connectivity index (χ0v) is 15.8. The number of unbranched alkanes of at least 4 members (excludes halogenated alkanes) is 13. The highest BCUT2D eigenvalue weighted by atomic mass is 32.2. The van der Waals surface area contributed by atoms with Crippen molar-refractivity contribution in [2.45, 2.75) is 109 Å². The molecule has 0 aromatic rings. The molecule has 0 unspecified atom stereocenters. The van der Waals surface area contributed by atoms with Crippen molar-refractivity contribution >= 4 is 10.1 Å². The molecule has 0 fully saturated rings. The maximum Gasteiger partial charge on any atom is 0.267 e. The highest BCUT2D eigenvalue weighted by molar-refractivity contribution is 7.85. The van der Waals surface area contributed by atoms with Gasteiger partial charge in [-0.05, 0) is 6.42 Å². The second-order valence-electron chi connectivity index (χ2n) is 6.79. The molecule has 0 rings (SSSR count). The van der Waals surface area contributed by atoms with Crippen LogP contribution in [0.25, 0.3) is 0 Å². The Morgan fingerprint density at radius 1 is 0.696 bits per heavy atom. The summed E-state index contributed by atoms with van der Waals surface area (Å²) < 4.78 is 29.8. The summed E-state index contributed by atoms with van der Waals surface area (Å²) in [6.45, 7) is 2.25. The Bertz CT molecular complexity index is 341. The summed E-state index contributed by atoms with van der Waals surface area (Å²) in [6.07, 6.45) is 17.4. The molecular formula is C18H38O4S. The lowest BCUT2D eigenvalue weighted by Gasteiger charge is -2.08. The Kier molecular flexibility index (Phi) is 15.3. The van der Waals surface area contributed by atoms with Crippen LogP contribution >= 0.6 is 0 Å². The first-order valence-corrected chi connectivity index (χ1v) is 11.2. The highest BCUT2D eigenvalue weighted by Crippen LogP contribution is 2.13. The Labute approximate surface area is 143 Å². The Morgan fingerprint density at radius 2 is 1.04 bits per heavy atom. The van der Waals surface area contributed by atoms with E-state index in [4.69, 9.17) is 4.55 Å². The molecule has 0 aliphatic carbocycles. The van der Waals surface area contributed by atoms with Gasteiger partial charge in [0.2, 0.25) is 0 Å². The average Bonchev–Trinajstić information content (AvgIpc) is 2.46. The second kappa shape index (κ2) is 15.4. The van der Waals surface area contributed by atoms with Crippen molar-refractivity contribution in [3.8, 4) is 0 Å². The van der Waals surface area contributed by atoms with E-state index in [-0.39, 0.29) is 0 Å². The van der Waals surface area contributed by atoms with E-state index in [1.807, 2.05) is 0 Å². The zero-order chi connectivity index (χ0) is 17.4. The Hall–Kier alpha value is -0.130. The quantitative estimate of drug-likeness (QED) is 0.282. The van der Waals surface area contributed by atoms with Gasteiger partial charge in [-0.15, -0.1) is 0 Å². The molecule has 0 saturated carbocycles. The summed E-state index contributed by atoms with van der Waals surface area (Å²) in [5, 5.41) is 9.44. The van der Waals surface area contributed by atoms with Crippen molar-refractivity contribution in [3.05, 3.63) is 0 Å². The molecule has 0 radical (unpaired) electrons. The van der Waals surface area contributed by atoms with Crippen LogP contribution < -0.4 is 0 Å². The summed E-state index contributed by atoms with van der Waals surface area (Å²) in [7, 11) is -4.04. The monoisotopic (exact) mass is 350 g/mol. The fraction of sp³-hybridized carbons (Fsp3) is 1.00. The van der Waals surface area contributed by atoms with Crippen molar-refractivity contribution < 1.29 is 18.1 Å². The van der Waals surface area contributed by atoms with E-state index >= 15 is 0 Å². The van der Waals surface area contributed by atoms with Crippen molar-refractivity contribution in [1.82, 2.24) is 0 Å². The molecule has 0 amide bonds. The van der Waals surface area contributed by atoms with Crippen molar-refractivity contribution in [2.75, 3.05) is 5.75 Å². The molecule has 1 atom stereocenters. The first kappa shape index (κ1) is 22.9. The van der Waals surface area contributed by atoms with Gasteiger partial charge >= 0.3 is 0 Å². The fourth-order valence-electron chi connectivity index (χ4n) is 2.90. The predicted octanol–water partition coefficient (Wildman–Crippen LogP) is 5.11. The van der Waals surface area contributed by atoms with Crippen molar-refractivity contribution in [3.63, 3.8) is 0 Å². The van der Waals surface area contributed by atoms with Gasteiger partial charge in [0.15, 0.2) is 0 Å². The first-order valence-electron chi connectivity index (χ1n) is 9.59. The van der Waals surface area contributed by atoms with Crippen LogP contribution in [-0.4, -0.2) is 29.9 Å². The third kappa shape index (κ3) is 19.8. The van der Waals surface area contributed by atoms with E-state index in [0.29, 0.717) is 6.42 Å². The lowest BCUT2D eigenvalue weighted by atomic mass is 10.0. The predicted molar refractivity (Wildman–Crippen MR) is 97.4 cm³/mol. The third-order valence-electron chi connectivity index (χ3n) is 4.29. The Morgan fingerprint density at radius 3 is 1.39 bits per heavy atom. The minimum absolute atomic E-state index is 0.456. The highest BCUT2D eigenvalue weighted by Gasteiger charge is 2.13. The van der Waals surface area contributed by atoms with Crippen molar-refractivity contribution in [2.24, 2.45) is 0 Å². The van der Waals surface area contributed by atoms with E-state index in [2.05, 4.69) is 6.92 Å². The number of aliphatic hydroxyl groups is 1. The molecule has 2 N–H and O–H groups in total. The second-order valence-corrected chi connectivity index (χ2v) is 8.28. The van der Waals surface area contributed by atoms with Gasteiger partial charge < -0.3 is 5.11 Å². The van der Waals surface area contributed by atoms with E-state index in [9.17, 15) is 13.5 Å². The molecule has 0 spiro atoms. The molecule has 0 aromatic carbocycles. The summed E-state index contributed by atoms with van der Waals surface area (Å²) >= 11 is 0. The summed E-state index contributed by atoms with van der Waals surface area (Å²) in [5.41, 5.74) is 0. The van der Waals surface area contributed by atoms with Gasteiger partial charge in [-0.1, -0.05) is 96.8 Å². The van der Waals surface area contributed by atoms with Crippen LogP contribution in [0.4, 0.5) is 0 Å². The Balaban J connectivity index is 3.16. The molecule has 0 saturated heterocycles. The van der Waals surface area contributed by atoms with Crippen LogP contribution in [0.2, 0.25) is 0 Å². The molecule has 0 bridgehead atoms. The summed E-state index contributed by atoms with van der Waals surface area (Å²) in [6, 6.07) is 0. The van der Waals surface area contributed by atoms with Gasteiger partial charge in [0, 0.05) is 0 Å². The summed E-state index contributed by atoms with van der Waals surface area (Å²) in [4.78, 5) is 0. The van der Waals surface area contributed by atoms with E-state index < -0.39 is 22.0 Å². The lowest BCUT2D eigenvalue weighted by Crippen LogP contribution is -2.19. The number of rotatable bonds is 17. The molecule has 0 aromatic heterocycles.